The van der Waals surface area contributed by atoms with Crippen molar-refractivity contribution in [2.24, 2.45) is 5.41 Å². The lowest BCUT2D eigenvalue weighted by molar-refractivity contribution is 0.147. The average Bonchev–Trinajstić information content (AvgIpc) is 3.51. The van der Waals surface area contributed by atoms with Crippen LogP contribution < -0.4 is 4.72 Å². The number of alkyl halides is 2. The van der Waals surface area contributed by atoms with E-state index in [9.17, 15) is 17.2 Å². The molecule has 0 bridgehead atoms. The van der Waals surface area contributed by atoms with Gasteiger partial charge in [0.15, 0.2) is 0 Å². The number of hydrogen-bond acceptors (Lipinski definition) is 3. The fraction of sp³-hybridized carbons (Fsp3) is 0.435. The van der Waals surface area contributed by atoms with E-state index < -0.39 is 16.4 Å². The van der Waals surface area contributed by atoms with Gasteiger partial charge in [-0.15, -0.1) is 0 Å². The van der Waals surface area contributed by atoms with Crippen LogP contribution in [-0.2, 0) is 23.1 Å². The first kappa shape index (κ1) is 21.9. The lowest BCUT2D eigenvalue weighted by atomic mass is 9.96. The molecule has 8 heteroatoms. The molecule has 3 aromatic rings. The summed E-state index contributed by atoms with van der Waals surface area (Å²) in [4.78, 5) is 3.87. The van der Waals surface area contributed by atoms with Gasteiger partial charge < -0.3 is 4.57 Å². The van der Waals surface area contributed by atoms with Gasteiger partial charge in [-0.1, -0.05) is 39.0 Å². The van der Waals surface area contributed by atoms with Gasteiger partial charge in [-0.2, -0.15) is 0 Å². The molecule has 5 nitrogen and oxygen atoms in total. The molecule has 0 atom stereocenters. The van der Waals surface area contributed by atoms with Gasteiger partial charge in [-0.3, -0.25) is 4.98 Å². The summed E-state index contributed by atoms with van der Waals surface area (Å²) >= 11 is 0. The van der Waals surface area contributed by atoms with Crippen LogP contribution in [0.5, 0.6) is 0 Å². The van der Waals surface area contributed by atoms with Crippen molar-refractivity contribution in [3.63, 3.8) is 0 Å². The van der Waals surface area contributed by atoms with Crippen LogP contribution >= 0.6 is 0 Å². The Labute approximate surface area is 181 Å². The van der Waals surface area contributed by atoms with Gasteiger partial charge in [0, 0.05) is 41.9 Å². The Balaban J connectivity index is 1.77. The number of rotatable bonds is 7. The van der Waals surface area contributed by atoms with E-state index in [0.29, 0.717) is 30.5 Å². The molecule has 1 aromatic carbocycles. The molecule has 4 rings (SSSR count). The maximum absolute atomic E-state index is 13.5. The minimum atomic E-state index is -3.30. The predicted molar refractivity (Wildman–Crippen MR) is 118 cm³/mol. The van der Waals surface area contributed by atoms with Gasteiger partial charge in [-0.25, -0.2) is 21.9 Å². The quantitative estimate of drug-likeness (QED) is 0.537. The Kier molecular flexibility index (Phi) is 5.64. The molecule has 31 heavy (non-hydrogen) atoms. The average molecular weight is 448 g/mol. The van der Waals surface area contributed by atoms with Gasteiger partial charge >= 0.3 is 0 Å². The molecule has 0 unspecified atom stereocenters. The number of halogens is 2. The van der Waals surface area contributed by atoms with Crippen molar-refractivity contribution in [1.82, 2.24) is 14.3 Å². The second-order valence-corrected chi connectivity index (χ2v) is 11.4. The van der Waals surface area contributed by atoms with E-state index in [1.54, 1.807) is 18.2 Å². The fourth-order valence-electron chi connectivity index (χ4n) is 3.83. The summed E-state index contributed by atoms with van der Waals surface area (Å²) < 4.78 is 56.3. The molecule has 1 aliphatic carbocycles. The van der Waals surface area contributed by atoms with Crippen LogP contribution in [0.2, 0.25) is 0 Å². The van der Waals surface area contributed by atoms with Gasteiger partial charge in [0.1, 0.15) is 5.69 Å². The standard InChI is InChI=1S/C23H27F2N3O2S/c1-23(2,3)14-28-13-16(12-27-31(29,30)17-7-8-17)18-9-6-15(11-20(18)28)19-5-4-10-26-21(19)22(24)25/h4-6,9-11,13,17,22,27H,7-8,12,14H2,1-3H3. The number of benzene rings is 1. The van der Waals surface area contributed by atoms with E-state index >= 15 is 0 Å². The normalized spacial score (nSPS) is 15.2. The highest BCUT2D eigenvalue weighted by atomic mass is 32.2. The van der Waals surface area contributed by atoms with Crippen molar-refractivity contribution < 1.29 is 17.2 Å². The predicted octanol–water partition coefficient (Wildman–Crippen LogP) is 5.27. The molecule has 2 aromatic heterocycles. The van der Waals surface area contributed by atoms with E-state index in [1.807, 2.05) is 18.3 Å². The number of aromatic nitrogens is 2. The van der Waals surface area contributed by atoms with Crippen LogP contribution in [0, 0.1) is 5.41 Å². The summed E-state index contributed by atoms with van der Waals surface area (Å²) in [5.41, 5.74) is 2.56. The zero-order chi connectivity index (χ0) is 22.4. The molecule has 2 heterocycles. The first-order chi connectivity index (χ1) is 14.5. The van der Waals surface area contributed by atoms with E-state index in [4.69, 9.17) is 0 Å². The van der Waals surface area contributed by atoms with Gasteiger partial charge in [0.2, 0.25) is 10.0 Å². The molecule has 1 aliphatic rings. The molecule has 1 saturated carbocycles. The highest BCUT2D eigenvalue weighted by molar-refractivity contribution is 7.90. The number of hydrogen-bond donors (Lipinski definition) is 1. The molecule has 0 saturated heterocycles. The lowest BCUT2D eigenvalue weighted by Gasteiger charge is -2.20. The van der Waals surface area contributed by atoms with Crippen molar-refractivity contribution >= 4 is 20.9 Å². The summed E-state index contributed by atoms with van der Waals surface area (Å²) in [5.74, 6) is 0. The summed E-state index contributed by atoms with van der Waals surface area (Å²) in [5, 5.41) is 0.634. The number of fused-ring (bicyclic) bond motifs is 1. The van der Waals surface area contributed by atoms with Crippen molar-refractivity contribution in [3.05, 3.63) is 54.0 Å². The molecule has 1 fully saturated rings. The molecule has 0 spiro atoms. The van der Waals surface area contributed by atoms with Crippen molar-refractivity contribution in [2.45, 2.75) is 58.4 Å². The molecule has 0 amide bonds. The first-order valence-electron chi connectivity index (χ1n) is 10.4. The Morgan fingerprint density at radius 3 is 2.61 bits per heavy atom. The molecular weight excluding hydrogens is 420 g/mol. The minimum Gasteiger partial charge on any atom is -0.347 e. The summed E-state index contributed by atoms with van der Waals surface area (Å²) in [6.45, 7) is 7.27. The number of sulfonamides is 1. The highest BCUT2D eigenvalue weighted by Gasteiger charge is 2.35. The van der Waals surface area contributed by atoms with Crippen LogP contribution in [0.15, 0.2) is 42.7 Å². The zero-order valence-corrected chi connectivity index (χ0v) is 18.7. The largest absolute Gasteiger partial charge is 0.347 e. The van der Waals surface area contributed by atoms with E-state index in [2.05, 4.69) is 35.0 Å². The smallest absolute Gasteiger partial charge is 0.280 e. The molecular formula is C23H27F2N3O2S. The van der Waals surface area contributed by atoms with Gasteiger partial charge in [0.25, 0.3) is 6.43 Å². The van der Waals surface area contributed by atoms with E-state index in [-0.39, 0.29) is 22.9 Å². The van der Waals surface area contributed by atoms with Gasteiger partial charge in [-0.05, 0) is 41.5 Å². The lowest BCUT2D eigenvalue weighted by Crippen LogP contribution is -2.26. The third kappa shape index (κ3) is 4.80. The molecule has 0 radical (unpaired) electrons. The fourth-order valence-corrected chi connectivity index (χ4v) is 5.18. The highest BCUT2D eigenvalue weighted by Crippen LogP contribution is 2.34. The molecule has 166 valence electrons. The van der Waals surface area contributed by atoms with Crippen LogP contribution in [0.3, 0.4) is 0 Å². The Bertz CT molecular complexity index is 1210. The molecule has 0 aliphatic heterocycles. The van der Waals surface area contributed by atoms with Crippen molar-refractivity contribution in [3.8, 4) is 11.1 Å². The monoisotopic (exact) mass is 447 g/mol. The van der Waals surface area contributed by atoms with Crippen molar-refractivity contribution in [1.29, 1.82) is 0 Å². The second-order valence-electron chi connectivity index (χ2n) is 9.38. The SMILES string of the molecule is CC(C)(C)Cn1cc(CNS(=O)(=O)C2CC2)c2ccc(-c3cccnc3C(F)F)cc21. The Morgan fingerprint density at radius 1 is 1.23 bits per heavy atom. The third-order valence-corrected chi connectivity index (χ3v) is 7.29. The van der Waals surface area contributed by atoms with Gasteiger partial charge in [0.05, 0.1) is 5.25 Å². The number of nitrogens with one attached hydrogen (secondary N) is 1. The third-order valence-electron chi connectivity index (χ3n) is 5.39. The topological polar surface area (TPSA) is 64.0 Å². The van der Waals surface area contributed by atoms with E-state index in [1.165, 1.54) is 6.20 Å². The maximum atomic E-state index is 13.5. The Morgan fingerprint density at radius 2 is 1.97 bits per heavy atom. The van der Waals surface area contributed by atoms with Crippen LogP contribution in [0.25, 0.3) is 22.0 Å². The van der Waals surface area contributed by atoms with Crippen LogP contribution in [-0.4, -0.2) is 23.2 Å². The van der Waals surface area contributed by atoms with Crippen LogP contribution in [0.1, 0.15) is 51.3 Å². The summed E-state index contributed by atoms with van der Waals surface area (Å²) in [6.07, 6.45) is 2.09. The number of pyridine rings is 1. The minimum absolute atomic E-state index is 0.0187. The maximum Gasteiger partial charge on any atom is 0.280 e. The summed E-state index contributed by atoms with van der Waals surface area (Å²) in [6, 6.07) is 8.87. The summed E-state index contributed by atoms with van der Waals surface area (Å²) in [7, 11) is -3.30. The first-order valence-corrected chi connectivity index (χ1v) is 11.9. The Hall–Kier alpha value is -2.32. The van der Waals surface area contributed by atoms with E-state index in [0.717, 1.165) is 16.5 Å². The second kappa shape index (κ2) is 7.98. The zero-order valence-electron chi connectivity index (χ0n) is 17.9. The number of nitrogens with zero attached hydrogens (tertiary/aromatic N) is 2. The molecule has 1 N–H and O–H groups in total. The van der Waals surface area contributed by atoms with Crippen molar-refractivity contribution in [2.75, 3.05) is 0 Å². The van der Waals surface area contributed by atoms with Crippen LogP contribution in [0.4, 0.5) is 8.78 Å².